The fourth-order valence-corrected chi connectivity index (χ4v) is 2.21. The van der Waals surface area contributed by atoms with E-state index < -0.39 is 0 Å². The third kappa shape index (κ3) is 1.70. The average Bonchev–Trinajstić information content (AvgIpc) is 2.76. The molecule has 0 saturated heterocycles. The maximum absolute atomic E-state index is 11.8. The highest BCUT2D eigenvalue weighted by molar-refractivity contribution is 7.13. The number of hydrogen-bond acceptors (Lipinski definition) is 5. The molecule has 0 aliphatic rings. The molecule has 2 N–H and O–H groups in total. The third-order valence-corrected chi connectivity index (χ3v) is 3.12. The summed E-state index contributed by atoms with van der Waals surface area (Å²) in [6.45, 7) is 0. The molecule has 84 valence electrons. The number of anilines is 1. The maximum atomic E-state index is 11.8. The zero-order chi connectivity index (χ0) is 11.8. The van der Waals surface area contributed by atoms with Crippen molar-refractivity contribution >= 4 is 27.2 Å². The number of rotatable bonds is 1. The van der Waals surface area contributed by atoms with Gasteiger partial charge in [0, 0.05) is 5.38 Å². The quantitative estimate of drug-likeness (QED) is 0.714. The molecule has 3 aromatic rings. The van der Waals surface area contributed by atoms with Gasteiger partial charge in [0.25, 0.3) is 0 Å². The molecule has 4 nitrogen and oxygen atoms in total. The minimum absolute atomic E-state index is 0.357. The van der Waals surface area contributed by atoms with Gasteiger partial charge < -0.3 is 10.2 Å². The van der Waals surface area contributed by atoms with Gasteiger partial charge in [0.1, 0.15) is 5.69 Å². The van der Waals surface area contributed by atoms with Crippen LogP contribution in [0.25, 0.3) is 22.2 Å². The Kier molecular flexibility index (Phi) is 2.19. The average molecular weight is 244 g/mol. The van der Waals surface area contributed by atoms with Gasteiger partial charge in [0.2, 0.25) is 0 Å². The van der Waals surface area contributed by atoms with Gasteiger partial charge in [0.15, 0.2) is 10.9 Å². The second-order valence-corrected chi connectivity index (χ2v) is 4.45. The van der Waals surface area contributed by atoms with Crippen LogP contribution >= 0.6 is 11.3 Å². The van der Waals surface area contributed by atoms with E-state index in [1.165, 1.54) is 11.3 Å². The van der Waals surface area contributed by atoms with Gasteiger partial charge in [-0.05, 0) is 17.5 Å². The highest BCUT2D eigenvalue weighted by atomic mass is 32.1. The lowest BCUT2D eigenvalue weighted by molar-refractivity contribution is 0.533. The molecule has 0 spiro atoms. The van der Waals surface area contributed by atoms with Crippen LogP contribution in [0.5, 0.6) is 0 Å². The molecule has 0 radical (unpaired) electrons. The Hall–Kier alpha value is -2.14. The Bertz CT molecular complexity index is 745. The van der Waals surface area contributed by atoms with Crippen molar-refractivity contribution in [3.8, 4) is 11.5 Å². The second kappa shape index (κ2) is 3.71. The van der Waals surface area contributed by atoms with Crippen LogP contribution in [0.4, 0.5) is 5.13 Å². The number of fused-ring (bicyclic) bond motifs is 1. The van der Waals surface area contributed by atoms with E-state index in [4.69, 9.17) is 10.2 Å². The molecule has 5 heteroatoms. The van der Waals surface area contributed by atoms with Gasteiger partial charge in [-0.25, -0.2) is 9.78 Å². The summed E-state index contributed by atoms with van der Waals surface area (Å²) in [6, 6.07) is 9.08. The van der Waals surface area contributed by atoms with Crippen molar-refractivity contribution in [1.29, 1.82) is 0 Å². The predicted molar refractivity (Wildman–Crippen MR) is 68.0 cm³/mol. The monoisotopic (exact) mass is 244 g/mol. The molecular formula is C12H8N2O2S. The van der Waals surface area contributed by atoms with E-state index in [0.717, 1.165) is 5.39 Å². The molecule has 0 aliphatic carbocycles. The van der Waals surface area contributed by atoms with Gasteiger partial charge in [-0.2, -0.15) is 0 Å². The largest absolute Gasteiger partial charge is 0.421 e. The first kappa shape index (κ1) is 10.0. The van der Waals surface area contributed by atoms with Crippen LogP contribution in [0.3, 0.4) is 0 Å². The van der Waals surface area contributed by atoms with Crippen LogP contribution < -0.4 is 11.4 Å². The van der Waals surface area contributed by atoms with Crippen LogP contribution in [-0.2, 0) is 0 Å². The summed E-state index contributed by atoms with van der Waals surface area (Å²) in [5, 5.41) is 3.63. The molecule has 0 atom stereocenters. The molecule has 2 heterocycles. The first-order valence-electron chi connectivity index (χ1n) is 4.98. The molecule has 0 saturated carbocycles. The number of nitrogen functional groups attached to an aromatic ring is 1. The van der Waals surface area contributed by atoms with Gasteiger partial charge in [-0.15, -0.1) is 11.3 Å². The maximum Gasteiger partial charge on any atom is 0.344 e. The summed E-state index contributed by atoms with van der Waals surface area (Å²) >= 11 is 1.32. The number of thiazole rings is 1. The fraction of sp³-hybridized carbons (Fsp3) is 0. The molecule has 1 aromatic carbocycles. The Balaban J connectivity index is 2.29. The zero-order valence-corrected chi connectivity index (χ0v) is 9.53. The van der Waals surface area contributed by atoms with Crippen molar-refractivity contribution in [2.45, 2.75) is 0 Å². The lowest BCUT2D eigenvalue weighted by atomic mass is 10.1. The zero-order valence-electron chi connectivity index (χ0n) is 8.71. The Morgan fingerprint density at radius 2 is 2.12 bits per heavy atom. The van der Waals surface area contributed by atoms with Gasteiger partial charge >= 0.3 is 5.63 Å². The van der Waals surface area contributed by atoms with E-state index in [0.29, 0.717) is 22.0 Å². The number of nitrogens with two attached hydrogens (primary N) is 1. The van der Waals surface area contributed by atoms with E-state index in [2.05, 4.69) is 4.98 Å². The summed E-state index contributed by atoms with van der Waals surface area (Å²) in [4.78, 5) is 15.8. The number of nitrogens with zero attached hydrogens (tertiary/aromatic N) is 1. The molecule has 0 unspecified atom stereocenters. The summed E-state index contributed by atoms with van der Waals surface area (Å²) in [6.07, 6.45) is 0. The number of hydrogen-bond donors (Lipinski definition) is 1. The Labute approximate surface area is 100 Å². The smallest absolute Gasteiger partial charge is 0.344 e. The van der Waals surface area contributed by atoms with Crippen LogP contribution in [0.15, 0.2) is 44.9 Å². The summed E-state index contributed by atoms with van der Waals surface area (Å²) in [5.74, 6) is 0.446. The van der Waals surface area contributed by atoms with E-state index in [-0.39, 0.29) is 5.63 Å². The lowest BCUT2D eigenvalue weighted by Crippen LogP contribution is -2.00. The van der Waals surface area contributed by atoms with Crippen LogP contribution in [0.1, 0.15) is 0 Å². The Morgan fingerprint density at radius 3 is 2.88 bits per heavy atom. The van der Waals surface area contributed by atoms with Crippen molar-refractivity contribution in [3.05, 3.63) is 46.1 Å². The molecule has 17 heavy (non-hydrogen) atoms. The molecule has 0 aliphatic heterocycles. The van der Waals surface area contributed by atoms with Gasteiger partial charge in [-0.3, -0.25) is 0 Å². The van der Waals surface area contributed by atoms with Crippen LogP contribution in [0, 0.1) is 0 Å². The summed E-state index contributed by atoms with van der Waals surface area (Å²) < 4.78 is 5.22. The van der Waals surface area contributed by atoms with Crippen molar-refractivity contribution in [2.24, 2.45) is 0 Å². The van der Waals surface area contributed by atoms with Gasteiger partial charge in [0.05, 0.1) is 5.39 Å². The van der Waals surface area contributed by atoms with Gasteiger partial charge in [-0.1, -0.05) is 18.2 Å². The fourth-order valence-electron chi connectivity index (χ4n) is 1.66. The molecule has 0 bridgehead atoms. The van der Waals surface area contributed by atoms with Crippen LogP contribution in [0.2, 0.25) is 0 Å². The van der Waals surface area contributed by atoms with Crippen molar-refractivity contribution < 1.29 is 4.42 Å². The Morgan fingerprint density at radius 1 is 1.29 bits per heavy atom. The van der Waals surface area contributed by atoms with E-state index in [1.54, 1.807) is 23.6 Å². The molecule has 2 aromatic heterocycles. The van der Waals surface area contributed by atoms with Crippen LogP contribution in [-0.4, -0.2) is 4.98 Å². The molecule has 3 rings (SSSR count). The predicted octanol–water partition coefficient (Wildman–Crippen LogP) is 2.50. The first-order valence-corrected chi connectivity index (χ1v) is 5.86. The molecule has 0 amide bonds. The van der Waals surface area contributed by atoms with Crippen molar-refractivity contribution in [2.75, 3.05) is 5.73 Å². The van der Waals surface area contributed by atoms with E-state index >= 15 is 0 Å². The second-order valence-electron chi connectivity index (χ2n) is 3.56. The van der Waals surface area contributed by atoms with Crippen molar-refractivity contribution in [3.63, 3.8) is 0 Å². The lowest BCUT2D eigenvalue weighted by Gasteiger charge is -1.98. The SMILES string of the molecule is Nc1nc(-c2cc3ccccc3c(=O)o2)cs1. The molecule has 0 fully saturated rings. The normalized spacial score (nSPS) is 10.8. The first-order chi connectivity index (χ1) is 8.24. The van der Waals surface area contributed by atoms with E-state index in [9.17, 15) is 4.79 Å². The van der Waals surface area contributed by atoms with E-state index in [1.807, 2.05) is 12.1 Å². The van der Waals surface area contributed by atoms with Crippen molar-refractivity contribution in [1.82, 2.24) is 4.98 Å². The third-order valence-electron chi connectivity index (χ3n) is 2.44. The highest BCUT2D eigenvalue weighted by Crippen LogP contribution is 2.24. The highest BCUT2D eigenvalue weighted by Gasteiger charge is 2.08. The minimum Gasteiger partial charge on any atom is -0.421 e. The standard InChI is InChI=1S/C12H8N2O2S/c13-12-14-9(6-17-12)10-5-7-3-1-2-4-8(7)11(15)16-10/h1-6H,(H2,13,14). The number of benzene rings is 1. The molecular weight excluding hydrogens is 236 g/mol. The topological polar surface area (TPSA) is 69.1 Å². The minimum atomic E-state index is -0.357. The summed E-state index contributed by atoms with van der Waals surface area (Å²) in [7, 11) is 0. The number of aromatic nitrogens is 1. The summed E-state index contributed by atoms with van der Waals surface area (Å²) in [5.41, 5.74) is 5.79.